The first-order chi connectivity index (χ1) is 4.80. The molecule has 10 heavy (non-hydrogen) atoms. The van der Waals surface area contributed by atoms with E-state index in [0.717, 1.165) is 12.8 Å². The van der Waals surface area contributed by atoms with E-state index in [0.29, 0.717) is 17.6 Å². The van der Waals surface area contributed by atoms with Crippen molar-refractivity contribution >= 4 is 21.7 Å². The fraction of sp³-hybridized carbons (Fsp3) is 0.625. The van der Waals surface area contributed by atoms with Crippen LogP contribution in [0, 0.1) is 11.8 Å². The lowest BCUT2D eigenvalue weighted by Crippen LogP contribution is -2.48. The summed E-state index contributed by atoms with van der Waals surface area (Å²) >= 11 is 3.37. The van der Waals surface area contributed by atoms with Gasteiger partial charge in [0.15, 0.2) is 5.78 Å². The van der Waals surface area contributed by atoms with Gasteiger partial charge in [0.05, 0.1) is 4.83 Å². The Kier molecular flexibility index (Phi) is 1.44. The predicted octanol–water partition coefficient (Wildman–Crippen LogP) is 1.92. The fourth-order valence-electron chi connectivity index (χ4n) is 1.76. The number of carbonyl (C=O) groups excluding carboxylic acids is 1. The summed E-state index contributed by atoms with van der Waals surface area (Å²) in [6.07, 6.45) is 6.52. The van der Waals surface area contributed by atoms with Crippen LogP contribution in [0.4, 0.5) is 0 Å². The van der Waals surface area contributed by atoms with Crippen LogP contribution >= 0.6 is 15.9 Å². The Morgan fingerprint density at radius 2 is 2.40 bits per heavy atom. The van der Waals surface area contributed by atoms with Crippen molar-refractivity contribution in [1.82, 2.24) is 0 Å². The molecule has 0 amide bonds. The molecule has 0 N–H and O–H groups in total. The third kappa shape index (κ3) is 0.715. The monoisotopic (exact) mass is 200 g/mol. The minimum atomic E-state index is 0.133. The van der Waals surface area contributed by atoms with Crippen molar-refractivity contribution in [3.05, 3.63) is 12.2 Å². The van der Waals surface area contributed by atoms with Crippen molar-refractivity contribution in [2.24, 2.45) is 11.8 Å². The second-order valence-electron chi connectivity index (χ2n) is 2.99. The highest BCUT2D eigenvalue weighted by molar-refractivity contribution is 9.10. The van der Waals surface area contributed by atoms with Gasteiger partial charge in [-0.05, 0) is 12.8 Å². The van der Waals surface area contributed by atoms with Gasteiger partial charge < -0.3 is 0 Å². The zero-order valence-corrected chi connectivity index (χ0v) is 7.17. The molecule has 0 aromatic rings. The number of hydrogen-bond acceptors (Lipinski definition) is 1. The molecule has 0 spiro atoms. The summed E-state index contributed by atoms with van der Waals surface area (Å²) in [5.74, 6) is 1.28. The number of rotatable bonds is 0. The van der Waals surface area contributed by atoms with Gasteiger partial charge in [0.1, 0.15) is 0 Å². The Morgan fingerprint density at radius 1 is 1.60 bits per heavy atom. The largest absolute Gasteiger partial charge is 0.298 e. The van der Waals surface area contributed by atoms with Crippen LogP contribution in [0.1, 0.15) is 12.8 Å². The van der Waals surface area contributed by atoms with Crippen molar-refractivity contribution in [3.63, 3.8) is 0 Å². The summed E-state index contributed by atoms with van der Waals surface area (Å²) in [5, 5.41) is 0. The van der Waals surface area contributed by atoms with Gasteiger partial charge in [-0.3, -0.25) is 4.79 Å². The number of Topliss-reactive ketones (excluding diaryl/α,β-unsaturated/α-hetero) is 1. The van der Waals surface area contributed by atoms with Gasteiger partial charge in [-0.25, -0.2) is 0 Å². The normalized spacial score (nSPS) is 44.5. The van der Waals surface area contributed by atoms with Crippen LogP contribution in [0.3, 0.4) is 0 Å². The van der Waals surface area contributed by atoms with Gasteiger partial charge in [0, 0.05) is 11.8 Å². The van der Waals surface area contributed by atoms with E-state index in [4.69, 9.17) is 0 Å². The van der Waals surface area contributed by atoms with Crippen LogP contribution in [0.5, 0.6) is 0 Å². The second kappa shape index (κ2) is 2.19. The highest BCUT2D eigenvalue weighted by atomic mass is 79.9. The van der Waals surface area contributed by atoms with Crippen LogP contribution < -0.4 is 0 Å². The summed E-state index contributed by atoms with van der Waals surface area (Å²) in [6.45, 7) is 0. The molecule has 2 heteroatoms. The number of ketones is 1. The van der Waals surface area contributed by atoms with Gasteiger partial charge in [-0.2, -0.15) is 0 Å². The number of hydrogen-bond donors (Lipinski definition) is 0. The Morgan fingerprint density at radius 3 is 3.10 bits per heavy atom. The Hall–Kier alpha value is -0.110. The number of alkyl halides is 1. The average Bonchev–Trinajstić information content (AvgIpc) is 2.03. The lowest BCUT2D eigenvalue weighted by atomic mass is 9.67. The molecule has 1 saturated carbocycles. The molecule has 1 unspecified atom stereocenters. The predicted molar refractivity (Wildman–Crippen MR) is 43.1 cm³/mol. The van der Waals surface area contributed by atoms with E-state index in [9.17, 15) is 4.79 Å². The first-order valence-corrected chi connectivity index (χ1v) is 4.57. The third-order valence-electron chi connectivity index (χ3n) is 2.44. The number of halogens is 1. The molecule has 3 atom stereocenters. The molecule has 0 radical (unpaired) electrons. The first-order valence-electron chi connectivity index (χ1n) is 3.65. The standard InChI is InChI=1S/C8H9BrO/c9-7-5-3-1-2-4-6(5)8(7)10/h1,3,5-7H,2,4H2/t5-,6+,7?/m0/s1. The van der Waals surface area contributed by atoms with Crippen molar-refractivity contribution in [2.45, 2.75) is 17.7 Å². The Labute approximate surface area is 68.6 Å². The third-order valence-corrected chi connectivity index (χ3v) is 3.50. The van der Waals surface area contributed by atoms with Gasteiger partial charge in [0.2, 0.25) is 0 Å². The first kappa shape index (κ1) is 6.59. The zero-order chi connectivity index (χ0) is 7.14. The SMILES string of the molecule is O=C1C(Br)[C@H]2C=CCC[C@@H]12. The van der Waals surface area contributed by atoms with E-state index < -0.39 is 0 Å². The quantitative estimate of drug-likeness (QED) is 0.432. The second-order valence-corrected chi connectivity index (χ2v) is 3.98. The molecular weight excluding hydrogens is 192 g/mol. The van der Waals surface area contributed by atoms with E-state index in [-0.39, 0.29) is 4.83 Å². The van der Waals surface area contributed by atoms with E-state index in [2.05, 4.69) is 28.1 Å². The molecule has 2 rings (SSSR count). The molecule has 0 bridgehead atoms. The number of allylic oxidation sites excluding steroid dienone is 2. The molecule has 2 aliphatic rings. The van der Waals surface area contributed by atoms with Crippen LogP contribution in [0.15, 0.2) is 12.2 Å². The Balaban J connectivity index is 2.18. The maximum atomic E-state index is 11.1. The van der Waals surface area contributed by atoms with Crippen LogP contribution in [-0.4, -0.2) is 10.6 Å². The lowest BCUT2D eigenvalue weighted by Gasteiger charge is -2.40. The van der Waals surface area contributed by atoms with Crippen molar-refractivity contribution < 1.29 is 4.79 Å². The molecule has 1 fully saturated rings. The van der Waals surface area contributed by atoms with Crippen LogP contribution in [0.2, 0.25) is 0 Å². The molecule has 2 aliphatic carbocycles. The minimum Gasteiger partial charge on any atom is -0.298 e. The summed E-state index contributed by atoms with van der Waals surface area (Å²) in [5.41, 5.74) is 0. The van der Waals surface area contributed by atoms with E-state index >= 15 is 0 Å². The summed E-state index contributed by atoms with van der Waals surface area (Å²) in [4.78, 5) is 11.2. The average molecular weight is 201 g/mol. The van der Waals surface area contributed by atoms with Gasteiger partial charge in [0.25, 0.3) is 0 Å². The van der Waals surface area contributed by atoms with Gasteiger partial charge >= 0.3 is 0 Å². The zero-order valence-electron chi connectivity index (χ0n) is 5.59. The smallest absolute Gasteiger partial charge is 0.150 e. The summed E-state index contributed by atoms with van der Waals surface area (Å²) in [7, 11) is 0. The molecule has 1 nitrogen and oxygen atoms in total. The van der Waals surface area contributed by atoms with Gasteiger partial charge in [-0.1, -0.05) is 28.1 Å². The molecule has 0 aliphatic heterocycles. The summed E-state index contributed by atoms with van der Waals surface area (Å²) in [6, 6.07) is 0. The molecular formula is C8H9BrO. The lowest BCUT2D eigenvalue weighted by molar-refractivity contribution is -0.131. The maximum Gasteiger partial charge on any atom is 0.150 e. The van der Waals surface area contributed by atoms with Crippen LogP contribution in [0.25, 0.3) is 0 Å². The van der Waals surface area contributed by atoms with E-state index in [1.165, 1.54) is 0 Å². The maximum absolute atomic E-state index is 11.1. The molecule has 54 valence electrons. The molecule has 0 aromatic carbocycles. The highest BCUT2D eigenvalue weighted by Crippen LogP contribution is 2.42. The number of carbonyl (C=O) groups is 1. The van der Waals surface area contributed by atoms with Gasteiger partial charge in [-0.15, -0.1) is 0 Å². The Bertz CT molecular complexity index is 197. The van der Waals surface area contributed by atoms with Crippen molar-refractivity contribution in [1.29, 1.82) is 0 Å². The van der Waals surface area contributed by atoms with E-state index in [1.54, 1.807) is 0 Å². The summed E-state index contributed by atoms with van der Waals surface area (Å²) < 4.78 is 0. The highest BCUT2D eigenvalue weighted by Gasteiger charge is 2.46. The topological polar surface area (TPSA) is 17.1 Å². The van der Waals surface area contributed by atoms with Crippen LogP contribution in [-0.2, 0) is 4.79 Å². The van der Waals surface area contributed by atoms with Crippen molar-refractivity contribution in [3.8, 4) is 0 Å². The molecule has 0 aromatic heterocycles. The number of fused-ring (bicyclic) bond motifs is 1. The van der Waals surface area contributed by atoms with E-state index in [1.807, 2.05) is 0 Å². The minimum absolute atomic E-state index is 0.133. The molecule has 0 heterocycles. The molecule has 0 saturated heterocycles. The van der Waals surface area contributed by atoms with Crippen molar-refractivity contribution in [2.75, 3.05) is 0 Å². The fourth-order valence-corrected chi connectivity index (χ4v) is 2.65.